The first-order chi connectivity index (χ1) is 14.6. The van der Waals surface area contributed by atoms with Crippen molar-refractivity contribution in [3.05, 3.63) is 35.4 Å². The number of benzene rings is 1. The summed E-state index contributed by atoms with van der Waals surface area (Å²) in [6, 6.07) is 8.87. The number of guanidine groups is 1. The van der Waals surface area contributed by atoms with Gasteiger partial charge in [-0.25, -0.2) is 0 Å². The van der Waals surface area contributed by atoms with E-state index in [-0.39, 0.29) is 0 Å². The molecule has 0 bridgehead atoms. The molecule has 0 aromatic heterocycles. The van der Waals surface area contributed by atoms with Crippen LogP contribution < -0.4 is 10.6 Å². The topological polar surface area (TPSA) is 52.1 Å². The average molecular weight is 416 g/mol. The van der Waals surface area contributed by atoms with Crippen LogP contribution in [-0.4, -0.2) is 74.8 Å². The van der Waals surface area contributed by atoms with Crippen LogP contribution >= 0.6 is 0 Å². The molecule has 0 saturated carbocycles. The molecule has 1 unspecified atom stereocenters. The van der Waals surface area contributed by atoms with Gasteiger partial charge in [0.2, 0.25) is 0 Å². The minimum Gasteiger partial charge on any atom is -0.376 e. The lowest BCUT2D eigenvalue weighted by Gasteiger charge is -2.31. The van der Waals surface area contributed by atoms with Crippen molar-refractivity contribution in [3.63, 3.8) is 0 Å². The van der Waals surface area contributed by atoms with Crippen LogP contribution in [0.1, 0.15) is 44.2 Å². The van der Waals surface area contributed by atoms with Crippen molar-refractivity contribution in [2.24, 2.45) is 10.9 Å². The van der Waals surface area contributed by atoms with Crippen LogP contribution in [0.5, 0.6) is 0 Å². The maximum absolute atomic E-state index is 5.65. The highest BCUT2D eigenvalue weighted by molar-refractivity contribution is 5.79. The Kier molecular flexibility index (Phi) is 9.43. The standard InChI is InChI=1S/C24H41N5O/c1-20-8-12-28(13-9-20)11-5-10-26-24(25-3)27-17-22-6-4-7-23(16-22)19-29-14-15-30-21(2)18-29/h4,6-7,16,20-21H,5,8-15,17-19H2,1-3H3,(H2,25,26,27). The number of likely N-dealkylation sites (tertiary alicyclic amines) is 1. The summed E-state index contributed by atoms with van der Waals surface area (Å²) in [7, 11) is 1.84. The SMILES string of the molecule is CN=C(NCCCN1CCC(C)CC1)NCc1cccc(CN2CCOC(C)C2)c1. The summed E-state index contributed by atoms with van der Waals surface area (Å²) in [6.45, 7) is 13.8. The minimum absolute atomic E-state index is 0.330. The summed E-state index contributed by atoms with van der Waals surface area (Å²) in [5.41, 5.74) is 2.65. The van der Waals surface area contributed by atoms with E-state index in [0.717, 1.165) is 57.6 Å². The van der Waals surface area contributed by atoms with Gasteiger partial charge in [-0.15, -0.1) is 0 Å². The van der Waals surface area contributed by atoms with E-state index in [0.29, 0.717) is 6.10 Å². The van der Waals surface area contributed by atoms with E-state index in [1.165, 1.54) is 43.6 Å². The zero-order valence-corrected chi connectivity index (χ0v) is 19.2. The van der Waals surface area contributed by atoms with E-state index in [9.17, 15) is 0 Å². The maximum Gasteiger partial charge on any atom is 0.191 e. The number of hydrogen-bond donors (Lipinski definition) is 2. The molecule has 2 saturated heterocycles. The Morgan fingerprint density at radius 3 is 2.67 bits per heavy atom. The lowest BCUT2D eigenvalue weighted by atomic mass is 9.99. The molecule has 0 radical (unpaired) electrons. The van der Waals surface area contributed by atoms with Gasteiger partial charge in [0, 0.05) is 39.8 Å². The van der Waals surface area contributed by atoms with Crippen LogP contribution in [0.2, 0.25) is 0 Å². The molecule has 2 N–H and O–H groups in total. The molecule has 0 aliphatic carbocycles. The molecule has 6 nitrogen and oxygen atoms in total. The molecular formula is C24H41N5O. The third-order valence-corrected chi connectivity index (χ3v) is 6.23. The molecule has 1 aromatic carbocycles. The molecule has 2 aliphatic rings. The van der Waals surface area contributed by atoms with Crippen LogP contribution in [0, 0.1) is 5.92 Å². The lowest BCUT2D eigenvalue weighted by molar-refractivity contribution is -0.0212. The van der Waals surface area contributed by atoms with Crippen LogP contribution in [0.3, 0.4) is 0 Å². The average Bonchev–Trinajstić information content (AvgIpc) is 2.75. The molecule has 0 spiro atoms. The largest absolute Gasteiger partial charge is 0.376 e. The fraction of sp³-hybridized carbons (Fsp3) is 0.708. The van der Waals surface area contributed by atoms with Gasteiger partial charge in [0.25, 0.3) is 0 Å². The molecule has 1 aromatic rings. The summed E-state index contributed by atoms with van der Waals surface area (Å²) in [5, 5.41) is 6.92. The van der Waals surface area contributed by atoms with E-state index >= 15 is 0 Å². The van der Waals surface area contributed by atoms with Crippen LogP contribution in [0.15, 0.2) is 29.3 Å². The number of hydrogen-bond acceptors (Lipinski definition) is 4. The quantitative estimate of drug-likeness (QED) is 0.388. The van der Waals surface area contributed by atoms with Crippen LogP contribution in [0.25, 0.3) is 0 Å². The molecule has 2 aliphatic heterocycles. The van der Waals surface area contributed by atoms with Crippen molar-refractivity contribution in [1.29, 1.82) is 0 Å². The van der Waals surface area contributed by atoms with Gasteiger partial charge in [0.05, 0.1) is 12.7 Å². The predicted molar refractivity (Wildman–Crippen MR) is 125 cm³/mol. The first-order valence-electron chi connectivity index (χ1n) is 11.7. The molecule has 1 atom stereocenters. The van der Waals surface area contributed by atoms with Gasteiger partial charge in [-0.2, -0.15) is 0 Å². The van der Waals surface area contributed by atoms with E-state index in [1.54, 1.807) is 0 Å². The van der Waals surface area contributed by atoms with Crippen molar-refractivity contribution >= 4 is 5.96 Å². The highest BCUT2D eigenvalue weighted by atomic mass is 16.5. The molecular weight excluding hydrogens is 374 g/mol. The molecule has 30 heavy (non-hydrogen) atoms. The first kappa shape index (κ1) is 23.0. The Balaban J connectivity index is 1.36. The van der Waals surface area contributed by atoms with Gasteiger partial charge in [-0.05, 0) is 62.9 Å². The Morgan fingerprint density at radius 1 is 1.10 bits per heavy atom. The second-order valence-corrected chi connectivity index (χ2v) is 8.97. The molecule has 0 amide bonds. The van der Waals surface area contributed by atoms with Gasteiger partial charge in [-0.1, -0.05) is 31.2 Å². The Bertz CT molecular complexity index is 657. The number of ether oxygens (including phenoxy) is 1. The van der Waals surface area contributed by atoms with E-state index < -0.39 is 0 Å². The molecule has 3 rings (SSSR count). The van der Waals surface area contributed by atoms with Crippen LogP contribution in [0.4, 0.5) is 0 Å². The number of nitrogens with one attached hydrogen (secondary N) is 2. The highest BCUT2D eigenvalue weighted by Crippen LogP contribution is 2.15. The van der Waals surface area contributed by atoms with E-state index in [4.69, 9.17) is 4.74 Å². The van der Waals surface area contributed by atoms with Crippen molar-refractivity contribution in [3.8, 4) is 0 Å². The summed E-state index contributed by atoms with van der Waals surface area (Å²) >= 11 is 0. The van der Waals surface area contributed by atoms with Crippen molar-refractivity contribution < 1.29 is 4.74 Å². The Hall–Kier alpha value is -1.63. The summed E-state index contributed by atoms with van der Waals surface area (Å²) in [5.74, 6) is 1.79. The molecule has 2 heterocycles. The third-order valence-electron chi connectivity index (χ3n) is 6.23. The van der Waals surface area contributed by atoms with Gasteiger partial charge in [-0.3, -0.25) is 9.89 Å². The van der Waals surface area contributed by atoms with E-state index in [2.05, 4.69) is 63.5 Å². The molecule has 2 fully saturated rings. The number of aliphatic imine (C=N–C) groups is 1. The van der Waals surface area contributed by atoms with Gasteiger partial charge >= 0.3 is 0 Å². The number of morpholine rings is 1. The zero-order valence-electron chi connectivity index (χ0n) is 19.2. The van der Waals surface area contributed by atoms with E-state index in [1.807, 2.05) is 7.05 Å². The molecule has 168 valence electrons. The second-order valence-electron chi connectivity index (χ2n) is 8.97. The summed E-state index contributed by atoms with van der Waals surface area (Å²) < 4.78 is 5.65. The smallest absolute Gasteiger partial charge is 0.191 e. The fourth-order valence-corrected chi connectivity index (χ4v) is 4.33. The van der Waals surface area contributed by atoms with Crippen molar-refractivity contribution in [2.75, 3.05) is 52.9 Å². The highest BCUT2D eigenvalue weighted by Gasteiger charge is 2.17. The van der Waals surface area contributed by atoms with Crippen molar-refractivity contribution in [1.82, 2.24) is 20.4 Å². The van der Waals surface area contributed by atoms with Crippen molar-refractivity contribution in [2.45, 2.75) is 52.3 Å². The Labute approximate surface area is 183 Å². The van der Waals surface area contributed by atoms with Gasteiger partial charge in [0.1, 0.15) is 0 Å². The Morgan fingerprint density at radius 2 is 1.90 bits per heavy atom. The predicted octanol–water partition coefficient (Wildman–Crippen LogP) is 2.69. The van der Waals surface area contributed by atoms with Crippen LogP contribution in [-0.2, 0) is 17.8 Å². The minimum atomic E-state index is 0.330. The third kappa shape index (κ3) is 7.89. The fourth-order valence-electron chi connectivity index (χ4n) is 4.33. The van der Waals surface area contributed by atoms with Gasteiger partial charge in [0.15, 0.2) is 5.96 Å². The number of nitrogens with zero attached hydrogens (tertiary/aromatic N) is 3. The summed E-state index contributed by atoms with van der Waals surface area (Å²) in [6.07, 6.45) is 4.18. The second kappa shape index (κ2) is 12.3. The number of rotatable bonds is 8. The zero-order chi connectivity index (χ0) is 21.2. The number of piperidine rings is 1. The lowest BCUT2D eigenvalue weighted by Crippen LogP contribution is -2.40. The van der Waals surface area contributed by atoms with Gasteiger partial charge < -0.3 is 20.3 Å². The summed E-state index contributed by atoms with van der Waals surface area (Å²) in [4.78, 5) is 9.45. The normalized spacial score (nSPS) is 22.2. The monoisotopic (exact) mass is 415 g/mol. The maximum atomic E-state index is 5.65. The molecule has 6 heteroatoms. The first-order valence-corrected chi connectivity index (χ1v) is 11.7.